The highest BCUT2D eigenvalue weighted by atomic mass is 32.2. The zero-order valence-corrected chi connectivity index (χ0v) is 12.5. The predicted octanol–water partition coefficient (Wildman–Crippen LogP) is 2.51. The Balaban J connectivity index is 1.84. The molecular formula is C15H22N2O2S. The number of para-hydroxylation sites is 1. The molecule has 5 heteroatoms. The smallest absolute Gasteiger partial charge is 0.217 e. The zero-order valence-electron chi connectivity index (χ0n) is 11.7. The summed E-state index contributed by atoms with van der Waals surface area (Å²) in [5.74, 6) is 0. The number of nitrogens with zero attached hydrogens (tertiary/aromatic N) is 1. The first-order valence-corrected chi connectivity index (χ1v) is 8.93. The third-order valence-corrected chi connectivity index (χ3v) is 6.78. The van der Waals surface area contributed by atoms with Gasteiger partial charge in [0, 0.05) is 18.3 Å². The van der Waals surface area contributed by atoms with Crippen LogP contribution < -0.4 is 5.73 Å². The Morgan fingerprint density at radius 3 is 2.35 bits per heavy atom. The molecule has 4 nitrogen and oxygen atoms in total. The fraction of sp³-hybridized carbons (Fsp3) is 0.600. The lowest BCUT2D eigenvalue weighted by molar-refractivity contribution is 0.391. The molecule has 1 aromatic carbocycles. The molecule has 0 spiro atoms. The first kappa shape index (κ1) is 13.9. The highest BCUT2D eigenvalue weighted by Crippen LogP contribution is 2.36. The average molecular weight is 294 g/mol. The molecule has 0 radical (unpaired) electrons. The second-order valence-electron chi connectivity index (χ2n) is 5.93. The van der Waals surface area contributed by atoms with Gasteiger partial charge in [0.15, 0.2) is 0 Å². The number of nitrogen functional groups attached to an aromatic ring is 1. The second-order valence-corrected chi connectivity index (χ2v) is 8.09. The molecule has 0 saturated heterocycles. The average Bonchev–Trinajstić information content (AvgIpc) is 3.09. The van der Waals surface area contributed by atoms with Crippen molar-refractivity contribution in [2.45, 2.75) is 56.4 Å². The molecule has 0 bridgehead atoms. The van der Waals surface area contributed by atoms with E-state index in [0.717, 1.165) is 44.1 Å². The number of nitrogens with two attached hydrogens (primary N) is 1. The molecule has 2 saturated carbocycles. The molecule has 1 aromatic rings. The van der Waals surface area contributed by atoms with Crippen LogP contribution in [-0.4, -0.2) is 24.0 Å². The van der Waals surface area contributed by atoms with E-state index in [1.165, 1.54) is 0 Å². The lowest BCUT2D eigenvalue weighted by atomic mass is 10.2. The molecule has 0 amide bonds. The van der Waals surface area contributed by atoms with Gasteiger partial charge in [-0.15, -0.1) is 0 Å². The van der Waals surface area contributed by atoms with Crippen molar-refractivity contribution >= 4 is 15.7 Å². The number of anilines is 1. The predicted molar refractivity (Wildman–Crippen MR) is 80.6 cm³/mol. The largest absolute Gasteiger partial charge is 0.398 e. The van der Waals surface area contributed by atoms with Crippen LogP contribution in [0.15, 0.2) is 24.3 Å². The van der Waals surface area contributed by atoms with E-state index in [0.29, 0.717) is 12.2 Å². The van der Waals surface area contributed by atoms with Crippen LogP contribution in [0.4, 0.5) is 5.69 Å². The van der Waals surface area contributed by atoms with Crippen LogP contribution in [0, 0.1) is 0 Å². The molecule has 110 valence electrons. The van der Waals surface area contributed by atoms with Crippen molar-refractivity contribution < 1.29 is 8.42 Å². The van der Waals surface area contributed by atoms with Crippen LogP contribution >= 0.6 is 0 Å². The fourth-order valence-electron chi connectivity index (χ4n) is 3.01. The summed E-state index contributed by atoms with van der Waals surface area (Å²) in [6.45, 7) is 0.427. The molecule has 0 atom stereocenters. The van der Waals surface area contributed by atoms with E-state index >= 15 is 0 Å². The van der Waals surface area contributed by atoms with Gasteiger partial charge >= 0.3 is 0 Å². The van der Waals surface area contributed by atoms with Gasteiger partial charge in [-0.1, -0.05) is 31.0 Å². The number of rotatable bonds is 5. The quantitative estimate of drug-likeness (QED) is 0.849. The minimum Gasteiger partial charge on any atom is -0.398 e. The molecule has 0 unspecified atom stereocenters. The molecule has 0 aromatic heterocycles. The van der Waals surface area contributed by atoms with Gasteiger partial charge in [-0.25, -0.2) is 8.42 Å². The molecule has 0 aliphatic heterocycles. The van der Waals surface area contributed by atoms with E-state index in [4.69, 9.17) is 5.73 Å². The van der Waals surface area contributed by atoms with Crippen molar-refractivity contribution in [3.63, 3.8) is 0 Å². The fourth-order valence-corrected chi connectivity index (χ4v) is 5.27. The molecule has 0 heterocycles. The Bertz CT molecular complexity index is 575. The second kappa shape index (κ2) is 5.37. The molecule has 2 aliphatic rings. The van der Waals surface area contributed by atoms with Gasteiger partial charge in [-0.05, 0) is 37.3 Å². The van der Waals surface area contributed by atoms with E-state index in [9.17, 15) is 8.42 Å². The van der Waals surface area contributed by atoms with Crippen molar-refractivity contribution in [2.24, 2.45) is 0 Å². The van der Waals surface area contributed by atoms with E-state index in [-0.39, 0.29) is 11.3 Å². The monoisotopic (exact) mass is 294 g/mol. The third kappa shape index (κ3) is 2.69. The summed E-state index contributed by atoms with van der Waals surface area (Å²) in [4.78, 5) is 0. The first-order valence-electron chi connectivity index (χ1n) is 7.43. The normalized spacial score (nSPS) is 20.6. The Morgan fingerprint density at radius 2 is 1.75 bits per heavy atom. The molecular weight excluding hydrogens is 272 g/mol. The SMILES string of the molecule is Nc1ccccc1CN(C1CC1)S(=O)(=O)C1CCCC1. The van der Waals surface area contributed by atoms with E-state index in [2.05, 4.69) is 0 Å². The standard InChI is InChI=1S/C15H22N2O2S/c16-15-8-4-1-5-12(15)11-17(13-9-10-13)20(18,19)14-6-2-3-7-14/h1,4-5,8,13-14H,2-3,6-7,9-11,16H2. The summed E-state index contributed by atoms with van der Waals surface area (Å²) in [5, 5.41) is -0.173. The topological polar surface area (TPSA) is 63.4 Å². The van der Waals surface area contributed by atoms with Gasteiger partial charge < -0.3 is 5.73 Å². The van der Waals surface area contributed by atoms with Crippen LogP contribution in [0.1, 0.15) is 44.1 Å². The van der Waals surface area contributed by atoms with Gasteiger partial charge in [0.05, 0.1) is 5.25 Å². The number of hydrogen-bond acceptors (Lipinski definition) is 3. The van der Waals surface area contributed by atoms with Crippen molar-refractivity contribution in [3.05, 3.63) is 29.8 Å². The Kier molecular flexibility index (Phi) is 3.73. The van der Waals surface area contributed by atoms with Gasteiger partial charge in [-0.2, -0.15) is 4.31 Å². The number of sulfonamides is 1. The lowest BCUT2D eigenvalue weighted by Crippen LogP contribution is -2.39. The van der Waals surface area contributed by atoms with Crippen molar-refractivity contribution in [3.8, 4) is 0 Å². The molecule has 2 aliphatic carbocycles. The summed E-state index contributed by atoms with van der Waals surface area (Å²) in [5.41, 5.74) is 7.56. The van der Waals surface area contributed by atoms with Crippen molar-refractivity contribution in [1.82, 2.24) is 4.31 Å². The van der Waals surface area contributed by atoms with Crippen LogP contribution in [0.5, 0.6) is 0 Å². The maximum atomic E-state index is 12.8. The summed E-state index contributed by atoms with van der Waals surface area (Å²) in [6, 6.07) is 7.75. The Labute approximate surface area is 121 Å². The van der Waals surface area contributed by atoms with Crippen LogP contribution in [-0.2, 0) is 16.6 Å². The van der Waals surface area contributed by atoms with Crippen molar-refractivity contribution in [1.29, 1.82) is 0 Å². The van der Waals surface area contributed by atoms with Crippen molar-refractivity contribution in [2.75, 3.05) is 5.73 Å². The Morgan fingerprint density at radius 1 is 1.10 bits per heavy atom. The summed E-state index contributed by atoms with van der Waals surface area (Å²) in [7, 11) is -3.17. The molecule has 2 N–H and O–H groups in total. The molecule has 2 fully saturated rings. The highest BCUT2D eigenvalue weighted by molar-refractivity contribution is 7.89. The summed E-state index contributed by atoms with van der Waals surface area (Å²) >= 11 is 0. The minimum atomic E-state index is -3.17. The lowest BCUT2D eigenvalue weighted by Gasteiger charge is -2.26. The zero-order chi connectivity index (χ0) is 14.2. The maximum absolute atomic E-state index is 12.8. The van der Waals surface area contributed by atoms with E-state index < -0.39 is 10.0 Å². The summed E-state index contributed by atoms with van der Waals surface area (Å²) < 4.78 is 27.3. The first-order chi connectivity index (χ1) is 9.59. The molecule has 20 heavy (non-hydrogen) atoms. The van der Waals surface area contributed by atoms with Gasteiger partial charge in [0.1, 0.15) is 0 Å². The summed E-state index contributed by atoms with van der Waals surface area (Å²) in [6.07, 6.45) is 5.68. The highest BCUT2D eigenvalue weighted by Gasteiger charge is 2.42. The number of hydrogen-bond donors (Lipinski definition) is 1. The van der Waals surface area contributed by atoms with Gasteiger partial charge in [0.25, 0.3) is 0 Å². The van der Waals surface area contributed by atoms with Crippen LogP contribution in [0.3, 0.4) is 0 Å². The van der Waals surface area contributed by atoms with Crippen LogP contribution in [0.25, 0.3) is 0 Å². The minimum absolute atomic E-state index is 0.173. The maximum Gasteiger partial charge on any atom is 0.217 e. The Hall–Kier alpha value is -1.07. The van der Waals surface area contributed by atoms with E-state index in [1.54, 1.807) is 4.31 Å². The molecule has 3 rings (SSSR count). The van der Waals surface area contributed by atoms with Gasteiger partial charge in [-0.3, -0.25) is 0 Å². The van der Waals surface area contributed by atoms with E-state index in [1.807, 2.05) is 24.3 Å². The van der Waals surface area contributed by atoms with Gasteiger partial charge in [0.2, 0.25) is 10.0 Å². The van der Waals surface area contributed by atoms with Crippen LogP contribution in [0.2, 0.25) is 0 Å². The number of benzene rings is 1. The third-order valence-electron chi connectivity index (χ3n) is 4.39.